The van der Waals surface area contributed by atoms with E-state index in [1.807, 2.05) is 38.1 Å². The molecule has 20 heavy (non-hydrogen) atoms. The zero-order chi connectivity index (χ0) is 14.7. The Hall–Kier alpha value is -1.45. The van der Waals surface area contributed by atoms with E-state index in [0.29, 0.717) is 23.3 Å². The molecule has 0 fully saturated rings. The Labute approximate surface area is 125 Å². The molecule has 1 heterocycles. The van der Waals surface area contributed by atoms with Gasteiger partial charge in [-0.15, -0.1) is 0 Å². The fourth-order valence-electron chi connectivity index (χ4n) is 2.23. The Morgan fingerprint density at radius 2 is 1.75 bits per heavy atom. The van der Waals surface area contributed by atoms with E-state index < -0.39 is 0 Å². The molecule has 4 heteroatoms. The SMILES string of the molecule is Cc1nc(-c2ccccc2Cl)nc(C)c1CC(C)CN. The monoisotopic (exact) mass is 289 g/mol. The van der Waals surface area contributed by atoms with Gasteiger partial charge in [0.1, 0.15) is 0 Å². The fourth-order valence-corrected chi connectivity index (χ4v) is 2.45. The normalized spacial score (nSPS) is 12.4. The van der Waals surface area contributed by atoms with Crippen LogP contribution in [0.25, 0.3) is 11.4 Å². The molecule has 0 saturated heterocycles. The minimum Gasteiger partial charge on any atom is -0.330 e. The van der Waals surface area contributed by atoms with Crippen molar-refractivity contribution in [2.75, 3.05) is 6.54 Å². The maximum atomic E-state index is 6.21. The summed E-state index contributed by atoms with van der Waals surface area (Å²) in [4.78, 5) is 9.23. The van der Waals surface area contributed by atoms with E-state index in [-0.39, 0.29) is 0 Å². The number of aryl methyl sites for hydroxylation is 2. The van der Waals surface area contributed by atoms with Crippen LogP contribution in [0.3, 0.4) is 0 Å². The standard InChI is InChI=1S/C16H20ClN3/c1-10(9-18)8-14-11(2)19-16(20-12(14)3)13-6-4-5-7-15(13)17/h4-7,10H,8-9,18H2,1-3H3. The van der Waals surface area contributed by atoms with Crippen LogP contribution in [-0.4, -0.2) is 16.5 Å². The van der Waals surface area contributed by atoms with Crippen molar-refractivity contribution in [2.24, 2.45) is 11.7 Å². The van der Waals surface area contributed by atoms with E-state index in [9.17, 15) is 0 Å². The minimum atomic E-state index is 0.433. The van der Waals surface area contributed by atoms with E-state index in [4.69, 9.17) is 17.3 Å². The highest BCUT2D eigenvalue weighted by molar-refractivity contribution is 6.33. The molecule has 2 rings (SSSR count). The van der Waals surface area contributed by atoms with Crippen LogP contribution in [0.5, 0.6) is 0 Å². The summed E-state index contributed by atoms with van der Waals surface area (Å²) in [6.45, 7) is 6.85. The van der Waals surface area contributed by atoms with E-state index in [0.717, 1.165) is 23.4 Å². The number of nitrogens with zero attached hydrogens (tertiary/aromatic N) is 2. The Balaban J connectivity index is 2.43. The molecule has 3 nitrogen and oxygen atoms in total. The molecule has 0 aliphatic carbocycles. The zero-order valence-corrected chi connectivity index (χ0v) is 12.9. The number of aromatic nitrogens is 2. The molecule has 1 unspecified atom stereocenters. The van der Waals surface area contributed by atoms with Gasteiger partial charge in [-0.1, -0.05) is 30.7 Å². The van der Waals surface area contributed by atoms with Gasteiger partial charge in [0.25, 0.3) is 0 Å². The lowest BCUT2D eigenvalue weighted by molar-refractivity contribution is 0.586. The lowest BCUT2D eigenvalue weighted by Gasteiger charge is -2.14. The highest BCUT2D eigenvalue weighted by Gasteiger charge is 2.13. The highest BCUT2D eigenvalue weighted by atomic mass is 35.5. The van der Waals surface area contributed by atoms with Crippen molar-refractivity contribution < 1.29 is 0 Å². The molecular formula is C16H20ClN3. The van der Waals surface area contributed by atoms with Gasteiger partial charge in [0.05, 0.1) is 5.02 Å². The third-order valence-electron chi connectivity index (χ3n) is 3.49. The van der Waals surface area contributed by atoms with Crippen molar-refractivity contribution in [3.8, 4) is 11.4 Å². The van der Waals surface area contributed by atoms with Gasteiger partial charge in [-0.25, -0.2) is 9.97 Å². The fraction of sp³-hybridized carbons (Fsp3) is 0.375. The summed E-state index contributed by atoms with van der Waals surface area (Å²) in [7, 11) is 0. The summed E-state index contributed by atoms with van der Waals surface area (Å²) in [6, 6.07) is 7.65. The van der Waals surface area contributed by atoms with E-state index >= 15 is 0 Å². The van der Waals surface area contributed by atoms with Crippen LogP contribution in [0.15, 0.2) is 24.3 Å². The minimum absolute atomic E-state index is 0.433. The number of benzene rings is 1. The van der Waals surface area contributed by atoms with Gasteiger partial charge in [0.15, 0.2) is 5.82 Å². The number of nitrogens with two attached hydrogens (primary N) is 1. The topological polar surface area (TPSA) is 51.8 Å². The molecule has 0 spiro atoms. The molecule has 0 aliphatic rings. The van der Waals surface area contributed by atoms with Crippen molar-refractivity contribution in [3.63, 3.8) is 0 Å². The van der Waals surface area contributed by atoms with Crippen LogP contribution in [0.4, 0.5) is 0 Å². The first kappa shape index (κ1) is 14.9. The largest absolute Gasteiger partial charge is 0.330 e. The Morgan fingerprint density at radius 1 is 1.15 bits per heavy atom. The lowest BCUT2D eigenvalue weighted by Crippen LogP contribution is -2.15. The van der Waals surface area contributed by atoms with Crippen LogP contribution in [0.1, 0.15) is 23.9 Å². The first-order chi connectivity index (χ1) is 9.52. The average Bonchev–Trinajstić information content (AvgIpc) is 2.42. The average molecular weight is 290 g/mol. The number of hydrogen-bond acceptors (Lipinski definition) is 3. The first-order valence-electron chi connectivity index (χ1n) is 6.82. The van der Waals surface area contributed by atoms with Crippen molar-refractivity contribution in [3.05, 3.63) is 46.2 Å². The van der Waals surface area contributed by atoms with Gasteiger partial charge < -0.3 is 5.73 Å². The number of rotatable bonds is 4. The molecule has 0 bridgehead atoms. The molecule has 2 N–H and O–H groups in total. The van der Waals surface area contributed by atoms with Gasteiger partial charge in [-0.05, 0) is 50.4 Å². The van der Waals surface area contributed by atoms with Gasteiger partial charge in [-0.3, -0.25) is 0 Å². The van der Waals surface area contributed by atoms with Crippen LogP contribution in [-0.2, 0) is 6.42 Å². The predicted molar refractivity (Wildman–Crippen MR) is 83.9 cm³/mol. The predicted octanol–water partition coefficient (Wildman–Crippen LogP) is 3.55. The highest BCUT2D eigenvalue weighted by Crippen LogP contribution is 2.26. The molecule has 2 aromatic rings. The third-order valence-corrected chi connectivity index (χ3v) is 3.82. The van der Waals surface area contributed by atoms with E-state index in [1.165, 1.54) is 5.56 Å². The van der Waals surface area contributed by atoms with Crippen molar-refractivity contribution in [1.82, 2.24) is 9.97 Å². The van der Waals surface area contributed by atoms with Gasteiger partial charge in [0.2, 0.25) is 0 Å². The summed E-state index contributed by atoms with van der Waals surface area (Å²) < 4.78 is 0. The number of hydrogen-bond donors (Lipinski definition) is 1. The molecule has 1 atom stereocenters. The summed E-state index contributed by atoms with van der Waals surface area (Å²) in [5.74, 6) is 1.12. The first-order valence-corrected chi connectivity index (χ1v) is 7.19. The summed E-state index contributed by atoms with van der Waals surface area (Å²) in [5, 5.41) is 0.675. The maximum absolute atomic E-state index is 6.21. The van der Waals surface area contributed by atoms with Crippen molar-refractivity contribution in [2.45, 2.75) is 27.2 Å². The Morgan fingerprint density at radius 3 is 2.30 bits per heavy atom. The smallest absolute Gasteiger partial charge is 0.161 e. The summed E-state index contributed by atoms with van der Waals surface area (Å²) in [5.41, 5.74) is 9.78. The number of halogens is 1. The van der Waals surface area contributed by atoms with E-state index in [1.54, 1.807) is 0 Å². The van der Waals surface area contributed by atoms with Gasteiger partial charge >= 0.3 is 0 Å². The van der Waals surface area contributed by atoms with Crippen LogP contribution in [0, 0.1) is 19.8 Å². The molecule has 0 aliphatic heterocycles. The molecule has 1 aromatic heterocycles. The zero-order valence-electron chi connectivity index (χ0n) is 12.2. The Bertz CT molecular complexity index is 587. The molecule has 0 saturated carbocycles. The van der Waals surface area contributed by atoms with Gasteiger partial charge in [-0.2, -0.15) is 0 Å². The summed E-state index contributed by atoms with van der Waals surface area (Å²) >= 11 is 6.21. The second-order valence-corrected chi connectivity index (χ2v) is 5.63. The van der Waals surface area contributed by atoms with Crippen molar-refractivity contribution in [1.29, 1.82) is 0 Å². The van der Waals surface area contributed by atoms with Crippen LogP contribution >= 0.6 is 11.6 Å². The van der Waals surface area contributed by atoms with Gasteiger partial charge in [0, 0.05) is 17.0 Å². The Kier molecular flexibility index (Phi) is 4.73. The second kappa shape index (κ2) is 6.33. The molecule has 1 aromatic carbocycles. The third kappa shape index (κ3) is 3.17. The molecule has 106 valence electrons. The summed E-state index contributed by atoms with van der Waals surface area (Å²) in [6.07, 6.45) is 0.914. The van der Waals surface area contributed by atoms with Crippen LogP contribution < -0.4 is 5.73 Å². The molecule has 0 radical (unpaired) electrons. The molecule has 0 amide bonds. The lowest BCUT2D eigenvalue weighted by atomic mass is 9.99. The molecular weight excluding hydrogens is 270 g/mol. The second-order valence-electron chi connectivity index (χ2n) is 5.22. The maximum Gasteiger partial charge on any atom is 0.161 e. The quantitative estimate of drug-likeness (QED) is 0.936. The van der Waals surface area contributed by atoms with E-state index in [2.05, 4.69) is 16.9 Å². The van der Waals surface area contributed by atoms with Crippen LogP contribution in [0.2, 0.25) is 5.02 Å². The van der Waals surface area contributed by atoms with Crippen molar-refractivity contribution >= 4 is 11.6 Å².